The Bertz CT molecular complexity index is 622. The quantitative estimate of drug-likeness (QED) is 0.846. The van der Waals surface area contributed by atoms with Gasteiger partial charge in [-0.15, -0.1) is 6.58 Å². The van der Waals surface area contributed by atoms with Crippen LogP contribution in [0.15, 0.2) is 67.3 Å². The van der Waals surface area contributed by atoms with Crippen LogP contribution >= 0.6 is 0 Å². The molecular formula is C19H21NO. The van der Waals surface area contributed by atoms with Crippen molar-refractivity contribution in [2.45, 2.75) is 24.9 Å². The fourth-order valence-electron chi connectivity index (χ4n) is 3.30. The van der Waals surface area contributed by atoms with Gasteiger partial charge in [0.05, 0.1) is 12.1 Å². The van der Waals surface area contributed by atoms with E-state index in [1.54, 1.807) is 0 Å². The highest BCUT2D eigenvalue weighted by Crippen LogP contribution is 2.41. The van der Waals surface area contributed by atoms with Crippen LogP contribution in [0.2, 0.25) is 0 Å². The Morgan fingerprint density at radius 2 is 1.81 bits per heavy atom. The molecule has 0 aromatic heterocycles. The van der Waals surface area contributed by atoms with Gasteiger partial charge in [0.25, 0.3) is 0 Å². The Morgan fingerprint density at radius 1 is 1.10 bits per heavy atom. The summed E-state index contributed by atoms with van der Waals surface area (Å²) in [4.78, 5) is 2.35. The van der Waals surface area contributed by atoms with E-state index in [2.05, 4.69) is 60.0 Å². The van der Waals surface area contributed by atoms with Gasteiger partial charge in [-0.2, -0.15) is 0 Å². The molecule has 2 heteroatoms. The average Bonchev–Trinajstić information content (AvgIpc) is 2.83. The number of nitrogens with zero attached hydrogens (tertiary/aromatic N) is 1. The zero-order chi connectivity index (χ0) is 14.7. The van der Waals surface area contributed by atoms with Crippen molar-refractivity contribution in [1.29, 1.82) is 0 Å². The molecule has 0 fully saturated rings. The number of anilines is 1. The Balaban J connectivity index is 2.00. The van der Waals surface area contributed by atoms with E-state index >= 15 is 0 Å². The van der Waals surface area contributed by atoms with Gasteiger partial charge in [0.1, 0.15) is 0 Å². The van der Waals surface area contributed by atoms with E-state index < -0.39 is 0 Å². The molecule has 0 radical (unpaired) electrons. The van der Waals surface area contributed by atoms with Gasteiger partial charge in [-0.05, 0) is 23.6 Å². The largest absolute Gasteiger partial charge is 0.394 e. The zero-order valence-corrected chi connectivity index (χ0v) is 12.2. The summed E-state index contributed by atoms with van der Waals surface area (Å²) < 4.78 is 0. The van der Waals surface area contributed by atoms with Crippen LogP contribution in [0.4, 0.5) is 5.69 Å². The molecule has 1 aliphatic rings. The zero-order valence-electron chi connectivity index (χ0n) is 12.2. The maximum Gasteiger partial charge on any atom is 0.0711 e. The van der Waals surface area contributed by atoms with Gasteiger partial charge in [-0.1, -0.05) is 54.6 Å². The number of hydrogen-bond donors (Lipinski definition) is 1. The Morgan fingerprint density at radius 3 is 2.52 bits per heavy atom. The number of aliphatic hydroxyl groups excluding tert-OH is 1. The van der Waals surface area contributed by atoms with Crippen LogP contribution in [0.3, 0.4) is 0 Å². The summed E-state index contributed by atoms with van der Waals surface area (Å²) in [5, 5.41) is 10.1. The fraction of sp³-hybridized carbons (Fsp3) is 0.263. The van der Waals surface area contributed by atoms with Crippen molar-refractivity contribution >= 4 is 5.69 Å². The van der Waals surface area contributed by atoms with Crippen molar-refractivity contribution in [3.05, 3.63) is 78.4 Å². The number of aliphatic hydroxyl groups is 1. The number of fused-ring (bicyclic) bond motifs is 1. The highest BCUT2D eigenvalue weighted by atomic mass is 16.3. The van der Waals surface area contributed by atoms with E-state index in [1.165, 1.54) is 16.8 Å². The van der Waals surface area contributed by atoms with Crippen molar-refractivity contribution in [2.75, 3.05) is 11.5 Å². The summed E-state index contributed by atoms with van der Waals surface area (Å²) in [6.45, 7) is 4.83. The van der Waals surface area contributed by atoms with Gasteiger partial charge >= 0.3 is 0 Å². The molecule has 0 bridgehead atoms. The maximum atomic E-state index is 10.1. The minimum absolute atomic E-state index is 0.139. The smallest absolute Gasteiger partial charge is 0.0711 e. The lowest BCUT2D eigenvalue weighted by Gasteiger charge is -2.38. The van der Waals surface area contributed by atoms with Crippen LogP contribution in [-0.4, -0.2) is 17.3 Å². The molecule has 0 saturated heterocycles. The van der Waals surface area contributed by atoms with Crippen molar-refractivity contribution in [2.24, 2.45) is 0 Å². The molecule has 1 atom stereocenters. The second-order valence-electron chi connectivity index (χ2n) is 5.75. The normalized spacial score (nSPS) is 20.3. The molecule has 21 heavy (non-hydrogen) atoms. The number of para-hydroxylation sites is 1. The Kier molecular flexibility index (Phi) is 3.80. The van der Waals surface area contributed by atoms with Crippen LogP contribution in [-0.2, 0) is 13.0 Å². The average molecular weight is 279 g/mol. The van der Waals surface area contributed by atoms with E-state index in [0.29, 0.717) is 0 Å². The lowest BCUT2D eigenvalue weighted by Crippen LogP contribution is -2.49. The van der Waals surface area contributed by atoms with Crippen LogP contribution < -0.4 is 4.90 Å². The van der Waals surface area contributed by atoms with E-state index in [-0.39, 0.29) is 12.1 Å². The summed E-state index contributed by atoms with van der Waals surface area (Å²) >= 11 is 0. The predicted octanol–water partition coefficient (Wildman–Crippen LogP) is 3.56. The van der Waals surface area contributed by atoms with Crippen LogP contribution in [0.5, 0.6) is 0 Å². The second-order valence-corrected chi connectivity index (χ2v) is 5.75. The summed E-state index contributed by atoms with van der Waals surface area (Å²) in [5.74, 6) is 0. The van der Waals surface area contributed by atoms with Crippen LogP contribution in [0, 0.1) is 0 Å². The van der Waals surface area contributed by atoms with Gasteiger partial charge in [-0.25, -0.2) is 0 Å². The Hall–Kier alpha value is -2.06. The van der Waals surface area contributed by atoms with Crippen molar-refractivity contribution in [3.8, 4) is 0 Å². The van der Waals surface area contributed by atoms with Crippen molar-refractivity contribution < 1.29 is 5.11 Å². The molecule has 3 rings (SSSR count). The first-order valence-corrected chi connectivity index (χ1v) is 7.40. The molecule has 1 unspecified atom stereocenters. The summed E-state index contributed by atoms with van der Waals surface area (Å²) in [6.07, 6.45) is 3.57. The lowest BCUT2D eigenvalue weighted by atomic mass is 9.91. The molecule has 1 heterocycles. The van der Waals surface area contributed by atoms with Crippen molar-refractivity contribution in [1.82, 2.24) is 0 Å². The predicted molar refractivity (Wildman–Crippen MR) is 87.4 cm³/mol. The molecule has 0 aliphatic carbocycles. The molecule has 2 nitrogen and oxygen atoms in total. The summed E-state index contributed by atoms with van der Waals surface area (Å²) in [5.41, 5.74) is 3.54. The minimum Gasteiger partial charge on any atom is -0.394 e. The number of benzene rings is 2. The van der Waals surface area contributed by atoms with E-state index in [0.717, 1.165) is 19.4 Å². The Labute approximate surface area is 126 Å². The third kappa shape index (κ3) is 2.47. The van der Waals surface area contributed by atoms with E-state index in [9.17, 15) is 5.11 Å². The molecule has 108 valence electrons. The SMILES string of the molecule is C=CCC1(CO)Cc2ccccc2N1Cc1ccccc1. The fourth-order valence-corrected chi connectivity index (χ4v) is 3.30. The molecule has 0 saturated carbocycles. The second kappa shape index (κ2) is 5.74. The minimum atomic E-state index is -0.263. The molecule has 1 N–H and O–H groups in total. The molecule has 0 spiro atoms. The van der Waals surface area contributed by atoms with Gasteiger partial charge in [0, 0.05) is 18.7 Å². The summed E-state index contributed by atoms with van der Waals surface area (Å²) in [7, 11) is 0. The standard InChI is InChI=1S/C19H21NO/c1-2-12-19(15-21)13-17-10-6-7-11-18(17)20(19)14-16-8-4-3-5-9-16/h2-11,21H,1,12-15H2. The molecular weight excluding hydrogens is 258 g/mol. The van der Waals surface area contributed by atoms with Crippen molar-refractivity contribution in [3.63, 3.8) is 0 Å². The van der Waals surface area contributed by atoms with Crippen LogP contribution in [0.25, 0.3) is 0 Å². The third-order valence-corrected chi connectivity index (χ3v) is 4.38. The molecule has 0 amide bonds. The summed E-state index contributed by atoms with van der Waals surface area (Å²) in [6, 6.07) is 18.9. The first-order chi connectivity index (χ1) is 10.3. The van der Waals surface area contributed by atoms with Gasteiger partial charge in [0.2, 0.25) is 0 Å². The topological polar surface area (TPSA) is 23.5 Å². The van der Waals surface area contributed by atoms with Gasteiger partial charge in [0.15, 0.2) is 0 Å². The van der Waals surface area contributed by atoms with E-state index in [4.69, 9.17) is 0 Å². The third-order valence-electron chi connectivity index (χ3n) is 4.38. The van der Waals surface area contributed by atoms with Gasteiger partial charge in [-0.3, -0.25) is 0 Å². The molecule has 1 aliphatic heterocycles. The maximum absolute atomic E-state index is 10.1. The van der Waals surface area contributed by atoms with Gasteiger partial charge < -0.3 is 10.0 Å². The molecule has 2 aromatic rings. The number of hydrogen-bond acceptors (Lipinski definition) is 2. The first kappa shape index (κ1) is 13.9. The molecule has 2 aromatic carbocycles. The first-order valence-electron chi connectivity index (χ1n) is 7.40. The lowest BCUT2D eigenvalue weighted by molar-refractivity contribution is 0.192. The number of rotatable bonds is 5. The highest BCUT2D eigenvalue weighted by Gasteiger charge is 2.42. The monoisotopic (exact) mass is 279 g/mol. The highest BCUT2D eigenvalue weighted by molar-refractivity contribution is 5.62. The van der Waals surface area contributed by atoms with Crippen LogP contribution in [0.1, 0.15) is 17.5 Å². The van der Waals surface area contributed by atoms with E-state index in [1.807, 2.05) is 12.1 Å².